The number of ether oxygens (including phenoxy) is 2. The van der Waals surface area contributed by atoms with Gasteiger partial charge in [0.05, 0.1) is 19.1 Å². The Morgan fingerprint density at radius 1 is 1.40 bits per heavy atom. The number of hydrogen-bond donors (Lipinski definition) is 1. The summed E-state index contributed by atoms with van der Waals surface area (Å²) >= 11 is 6.13. The molecule has 0 aromatic carbocycles. The van der Waals surface area contributed by atoms with Crippen molar-refractivity contribution >= 4 is 17.6 Å². The summed E-state index contributed by atoms with van der Waals surface area (Å²) in [6.45, 7) is 1.14. The van der Waals surface area contributed by atoms with Gasteiger partial charge in [-0.2, -0.15) is 0 Å². The maximum atomic E-state index is 11.2. The molecule has 0 aromatic rings. The highest BCUT2D eigenvalue weighted by molar-refractivity contribution is 6.21. The average Bonchev–Trinajstić information content (AvgIpc) is 2.81. The molecule has 1 saturated heterocycles. The summed E-state index contributed by atoms with van der Waals surface area (Å²) in [4.78, 5) is 11.2. The molecule has 5 heteroatoms. The van der Waals surface area contributed by atoms with Crippen molar-refractivity contribution in [2.45, 2.75) is 24.0 Å². The van der Waals surface area contributed by atoms with Gasteiger partial charge in [-0.15, -0.1) is 11.6 Å². The second-order valence-electron chi connectivity index (χ2n) is 4.60. The summed E-state index contributed by atoms with van der Waals surface area (Å²) in [5.41, 5.74) is 0. The van der Waals surface area contributed by atoms with E-state index in [1.165, 1.54) is 0 Å². The molecule has 1 heterocycles. The number of carboxylic acids is 1. The summed E-state index contributed by atoms with van der Waals surface area (Å²) in [6, 6.07) is 0. The fourth-order valence-electron chi connectivity index (χ4n) is 3.43. The highest BCUT2D eigenvalue weighted by Gasteiger charge is 2.65. The van der Waals surface area contributed by atoms with E-state index in [2.05, 4.69) is 0 Å². The molecule has 2 saturated carbocycles. The molecule has 1 N–H and O–H groups in total. The standard InChI is InChI=1S/C10H13ClO4/c11-7-3-6-8(9(12)13)5(7)4-10(6)14-1-2-15-10/h5-8H,1-4H2,(H,12,13)/t5-,6+,7-,8+/m0/s1. The van der Waals surface area contributed by atoms with Crippen LogP contribution in [0.2, 0.25) is 0 Å². The van der Waals surface area contributed by atoms with Crippen molar-refractivity contribution in [3.05, 3.63) is 0 Å². The Hall–Kier alpha value is -0.320. The molecule has 84 valence electrons. The molecule has 3 aliphatic rings. The first kappa shape index (κ1) is 9.87. The lowest BCUT2D eigenvalue weighted by molar-refractivity contribution is -0.195. The number of hydrogen-bond acceptors (Lipinski definition) is 3. The third kappa shape index (κ3) is 1.19. The van der Waals surface area contributed by atoms with Crippen molar-refractivity contribution in [2.75, 3.05) is 13.2 Å². The predicted molar refractivity (Wildman–Crippen MR) is 51.6 cm³/mol. The largest absolute Gasteiger partial charge is 0.481 e. The Bertz CT molecular complexity index is 300. The minimum Gasteiger partial charge on any atom is -0.481 e. The van der Waals surface area contributed by atoms with Gasteiger partial charge in [-0.05, 0) is 12.3 Å². The summed E-state index contributed by atoms with van der Waals surface area (Å²) in [5.74, 6) is -1.83. The van der Waals surface area contributed by atoms with Gasteiger partial charge in [0.15, 0.2) is 5.79 Å². The van der Waals surface area contributed by atoms with E-state index in [0.29, 0.717) is 26.1 Å². The lowest BCUT2D eigenvalue weighted by atomic mass is 9.93. The summed E-state index contributed by atoms with van der Waals surface area (Å²) in [5, 5.41) is 9.15. The van der Waals surface area contributed by atoms with Crippen molar-refractivity contribution in [2.24, 2.45) is 17.8 Å². The summed E-state index contributed by atoms with van der Waals surface area (Å²) in [7, 11) is 0. The SMILES string of the molecule is O=C(O)[C@@H]1[C@H]2CC3(OCCO3)[C@@H]1C[C@@H]2Cl. The molecule has 1 aliphatic heterocycles. The first-order valence-corrected chi connectivity index (χ1v) is 5.72. The van der Waals surface area contributed by atoms with Crippen LogP contribution in [0.25, 0.3) is 0 Å². The van der Waals surface area contributed by atoms with E-state index in [4.69, 9.17) is 21.1 Å². The maximum absolute atomic E-state index is 11.2. The van der Waals surface area contributed by atoms with Crippen LogP contribution in [0.3, 0.4) is 0 Å². The topological polar surface area (TPSA) is 55.8 Å². The second-order valence-corrected chi connectivity index (χ2v) is 5.16. The first-order chi connectivity index (χ1) is 7.14. The van der Waals surface area contributed by atoms with Crippen molar-refractivity contribution < 1.29 is 19.4 Å². The fourth-order valence-corrected chi connectivity index (χ4v) is 3.87. The number of carboxylic acid groups (broad SMARTS) is 1. The molecule has 3 rings (SSSR count). The van der Waals surface area contributed by atoms with Crippen molar-refractivity contribution in [1.29, 1.82) is 0 Å². The normalized spacial score (nSPS) is 46.5. The van der Waals surface area contributed by atoms with Crippen LogP contribution in [-0.2, 0) is 14.3 Å². The summed E-state index contributed by atoms with van der Waals surface area (Å²) < 4.78 is 11.2. The van der Waals surface area contributed by atoms with Gasteiger partial charge >= 0.3 is 5.97 Å². The van der Waals surface area contributed by atoms with E-state index >= 15 is 0 Å². The zero-order valence-electron chi connectivity index (χ0n) is 8.19. The molecule has 4 atom stereocenters. The minimum absolute atomic E-state index is 0.00673. The molecule has 2 bridgehead atoms. The highest BCUT2D eigenvalue weighted by atomic mass is 35.5. The van der Waals surface area contributed by atoms with Crippen LogP contribution in [0.5, 0.6) is 0 Å². The van der Waals surface area contributed by atoms with Gasteiger partial charge < -0.3 is 14.6 Å². The number of fused-ring (bicyclic) bond motifs is 3. The van der Waals surface area contributed by atoms with E-state index in [1.807, 2.05) is 0 Å². The highest BCUT2D eigenvalue weighted by Crippen LogP contribution is 2.59. The Morgan fingerprint density at radius 2 is 2.07 bits per heavy atom. The third-order valence-electron chi connectivity index (χ3n) is 3.98. The molecule has 0 aromatic heterocycles. The van der Waals surface area contributed by atoms with Crippen LogP contribution in [-0.4, -0.2) is 35.5 Å². The zero-order valence-corrected chi connectivity index (χ0v) is 8.94. The minimum atomic E-state index is -0.760. The molecule has 1 spiro atoms. The Kier molecular flexibility index (Phi) is 2.03. The van der Waals surface area contributed by atoms with Gasteiger partial charge in [0.1, 0.15) is 0 Å². The quantitative estimate of drug-likeness (QED) is 0.688. The second kappa shape index (κ2) is 3.09. The monoisotopic (exact) mass is 232 g/mol. The molecule has 2 aliphatic carbocycles. The van der Waals surface area contributed by atoms with E-state index in [9.17, 15) is 9.90 Å². The lowest BCUT2D eigenvalue weighted by Gasteiger charge is -2.33. The number of rotatable bonds is 1. The Morgan fingerprint density at radius 3 is 2.60 bits per heavy atom. The van der Waals surface area contributed by atoms with Gasteiger partial charge in [0.2, 0.25) is 0 Å². The van der Waals surface area contributed by atoms with Crippen LogP contribution in [0.1, 0.15) is 12.8 Å². The fraction of sp³-hybridized carbons (Fsp3) is 0.900. The smallest absolute Gasteiger partial charge is 0.307 e. The Balaban J connectivity index is 1.92. The van der Waals surface area contributed by atoms with E-state index in [0.717, 1.165) is 0 Å². The van der Waals surface area contributed by atoms with E-state index in [-0.39, 0.29) is 23.1 Å². The molecule has 3 fully saturated rings. The van der Waals surface area contributed by atoms with Gasteiger partial charge in [-0.1, -0.05) is 0 Å². The molecule has 15 heavy (non-hydrogen) atoms. The number of aliphatic carboxylic acids is 1. The van der Waals surface area contributed by atoms with Crippen molar-refractivity contribution in [3.63, 3.8) is 0 Å². The zero-order chi connectivity index (χ0) is 10.6. The van der Waals surface area contributed by atoms with Crippen LogP contribution in [0.15, 0.2) is 0 Å². The van der Waals surface area contributed by atoms with E-state index in [1.54, 1.807) is 0 Å². The third-order valence-corrected chi connectivity index (χ3v) is 4.49. The van der Waals surface area contributed by atoms with E-state index < -0.39 is 11.8 Å². The molecule has 0 radical (unpaired) electrons. The molecule has 0 amide bonds. The van der Waals surface area contributed by atoms with Crippen molar-refractivity contribution in [1.82, 2.24) is 0 Å². The van der Waals surface area contributed by atoms with Gasteiger partial charge in [-0.25, -0.2) is 0 Å². The molecule has 4 nitrogen and oxygen atoms in total. The Labute approximate surface area is 92.5 Å². The lowest BCUT2D eigenvalue weighted by Crippen LogP contribution is -2.39. The number of halogens is 1. The summed E-state index contributed by atoms with van der Waals surface area (Å²) in [6.07, 6.45) is 1.34. The molecular weight excluding hydrogens is 220 g/mol. The van der Waals surface area contributed by atoms with Gasteiger partial charge in [-0.3, -0.25) is 4.79 Å². The first-order valence-electron chi connectivity index (χ1n) is 5.29. The molecule has 0 unspecified atom stereocenters. The van der Waals surface area contributed by atoms with Crippen LogP contribution in [0, 0.1) is 17.8 Å². The van der Waals surface area contributed by atoms with Gasteiger partial charge in [0.25, 0.3) is 0 Å². The average molecular weight is 233 g/mol. The van der Waals surface area contributed by atoms with Crippen LogP contribution < -0.4 is 0 Å². The van der Waals surface area contributed by atoms with Crippen LogP contribution >= 0.6 is 11.6 Å². The van der Waals surface area contributed by atoms with Gasteiger partial charge in [0, 0.05) is 17.7 Å². The van der Waals surface area contributed by atoms with Crippen LogP contribution in [0.4, 0.5) is 0 Å². The predicted octanol–water partition coefficient (Wildman–Crippen LogP) is 1.08. The van der Waals surface area contributed by atoms with Crippen molar-refractivity contribution in [3.8, 4) is 0 Å². The number of carbonyl (C=O) groups is 1. The number of alkyl halides is 1. The molecular formula is C10H13ClO4. The maximum Gasteiger partial charge on any atom is 0.307 e.